The van der Waals surface area contributed by atoms with Crippen molar-refractivity contribution in [2.45, 2.75) is 18.2 Å². The maximum atomic E-state index is 12.3. The summed E-state index contributed by atoms with van der Waals surface area (Å²) in [6.07, 6.45) is 1.26. The van der Waals surface area contributed by atoms with Crippen molar-refractivity contribution in [2.24, 2.45) is 0 Å². The van der Waals surface area contributed by atoms with Crippen molar-refractivity contribution in [3.63, 3.8) is 0 Å². The molecule has 0 atom stereocenters. The van der Waals surface area contributed by atoms with Gasteiger partial charge in [0.05, 0.1) is 4.90 Å². The highest BCUT2D eigenvalue weighted by Crippen LogP contribution is 2.20. The van der Waals surface area contributed by atoms with Crippen molar-refractivity contribution in [1.82, 2.24) is 0 Å². The minimum Gasteiger partial charge on any atom is -0.294 e. The Morgan fingerprint density at radius 3 is 2.48 bits per heavy atom. The molecule has 0 aliphatic rings. The summed E-state index contributed by atoms with van der Waals surface area (Å²) in [5, 5.41) is 0.544. The van der Waals surface area contributed by atoms with Crippen LogP contribution in [0.3, 0.4) is 0 Å². The average Bonchev–Trinajstić information content (AvgIpc) is 2.41. The molecular weight excluding hydrogens is 308 g/mol. The van der Waals surface area contributed by atoms with Gasteiger partial charge in [0.25, 0.3) is 0 Å². The molecule has 2 aromatic rings. The third-order valence-electron chi connectivity index (χ3n) is 3.14. The van der Waals surface area contributed by atoms with E-state index in [-0.39, 0.29) is 17.1 Å². The topological polar surface area (TPSA) is 51.2 Å². The second-order valence-corrected chi connectivity index (χ2v) is 7.42. The Kier molecular flexibility index (Phi) is 4.49. The zero-order chi connectivity index (χ0) is 15.6. The zero-order valence-corrected chi connectivity index (χ0v) is 13.3. The van der Waals surface area contributed by atoms with E-state index in [0.717, 1.165) is 17.4 Å². The van der Waals surface area contributed by atoms with Crippen LogP contribution in [-0.4, -0.2) is 20.5 Å². The first-order chi connectivity index (χ1) is 9.77. The predicted octanol–water partition coefficient (Wildman–Crippen LogP) is 3.48. The quantitative estimate of drug-likeness (QED) is 0.810. The maximum Gasteiger partial charge on any atom is 0.175 e. The van der Waals surface area contributed by atoms with Crippen LogP contribution in [0.25, 0.3) is 0 Å². The summed E-state index contributed by atoms with van der Waals surface area (Å²) in [6, 6.07) is 11.6. The van der Waals surface area contributed by atoms with Crippen LogP contribution in [0.5, 0.6) is 0 Å². The van der Waals surface area contributed by atoms with Crippen molar-refractivity contribution in [3.05, 3.63) is 64.2 Å². The molecule has 0 N–H and O–H groups in total. The van der Waals surface area contributed by atoms with E-state index < -0.39 is 9.84 Å². The molecule has 0 amide bonds. The Hall–Kier alpha value is -1.65. The fourth-order valence-corrected chi connectivity index (χ4v) is 2.94. The summed E-state index contributed by atoms with van der Waals surface area (Å²) in [6.45, 7) is 1.92. The molecule has 0 aromatic heterocycles. The third kappa shape index (κ3) is 3.93. The Morgan fingerprint density at radius 1 is 1.14 bits per heavy atom. The number of carbonyl (C=O) groups is 1. The number of hydrogen-bond acceptors (Lipinski definition) is 3. The number of sulfone groups is 1. The fourth-order valence-electron chi connectivity index (χ4n) is 1.97. The number of ketones is 1. The standard InChI is InChI=1S/C16H15ClO3S/c1-11-6-7-12(15(17)8-11)10-16(18)13-4-3-5-14(9-13)21(2,19)20/h3-9H,10H2,1-2H3. The molecule has 0 bridgehead atoms. The van der Waals surface area contributed by atoms with Crippen molar-refractivity contribution in [1.29, 1.82) is 0 Å². The molecule has 110 valence electrons. The molecule has 0 saturated heterocycles. The highest BCUT2D eigenvalue weighted by atomic mass is 35.5. The fraction of sp³-hybridized carbons (Fsp3) is 0.188. The van der Waals surface area contributed by atoms with Crippen molar-refractivity contribution < 1.29 is 13.2 Å². The Bertz CT molecular complexity index is 795. The van der Waals surface area contributed by atoms with Gasteiger partial charge in [0.1, 0.15) is 0 Å². The molecule has 0 saturated carbocycles. The van der Waals surface area contributed by atoms with Gasteiger partial charge in [0, 0.05) is 23.3 Å². The molecule has 0 unspecified atom stereocenters. The lowest BCUT2D eigenvalue weighted by molar-refractivity contribution is 0.0993. The molecule has 0 fully saturated rings. The molecule has 0 aliphatic carbocycles. The Balaban J connectivity index is 2.29. The molecule has 2 rings (SSSR count). The number of carbonyl (C=O) groups excluding carboxylic acids is 1. The van der Waals surface area contributed by atoms with E-state index >= 15 is 0 Å². The summed E-state index contributed by atoms with van der Waals surface area (Å²) in [4.78, 5) is 12.4. The van der Waals surface area contributed by atoms with Gasteiger partial charge < -0.3 is 0 Å². The van der Waals surface area contributed by atoms with Gasteiger partial charge in [-0.05, 0) is 36.2 Å². The van der Waals surface area contributed by atoms with E-state index in [9.17, 15) is 13.2 Å². The van der Waals surface area contributed by atoms with Gasteiger partial charge in [-0.3, -0.25) is 4.79 Å². The van der Waals surface area contributed by atoms with Gasteiger partial charge in [-0.1, -0.05) is 35.9 Å². The number of benzene rings is 2. The first-order valence-electron chi connectivity index (χ1n) is 6.36. The van der Waals surface area contributed by atoms with Crippen LogP contribution in [0.2, 0.25) is 5.02 Å². The van der Waals surface area contributed by atoms with Crippen LogP contribution in [0.15, 0.2) is 47.4 Å². The Morgan fingerprint density at radius 2 is 1.86 bits per heavy atom. The number of aryl methyl sites for hydroxylation is 1. The van der Waals surface area contributed by atoms with Crippen LogP contribution in [-0.2, 0) is 16.3 Å². The van der Waals surface area contributed by atoms with Crippen molar-refractivity contribution in [3.8, 4) is 0 Å². The van der Waals surface area contributed by atoms with Crippen LogP contribution in [0.1, 0.15) is 21.5 Å². The van der Waals surface area contributed by atoms with E-state index in [1.807, 2.05) is 19.1 Å². The average molecular weight is 323 g/mol. The van der Waals surface area contributed by atoms with Crippen LogP contribution < -0.4 is 0 Å². The molecule has 0 aliphatic heterocycles. The molecule has 21 heavy (non-hydrogen) atoms. The van der Waals surface area contributed by atoms with Gasteiger partial charge in [0.15, 0.2) is 15.6 Å². The molecule has 0 spiro atoms. The second-order valence-electron chi connectivity index (χ2n) is 4.99. The monoisotopic (exact) mass is 322 g/mol. The lowest BCUT2D eigenvalue weighted by Gasteiger charge is -2.06. The summed E-state index contributed by atoms with van der Waals surface area (Å²) >= 11 is 6.12. The number of halogens is 1. The molecule has 0 heterocycles. The maximum absolute atomic E-state index is 12.3. The first kappa shape index (κ1) is 15.7. The van der Waals surface area contributed by atoms with Gasteiger partial charge in [-0.15, -0.1) is 0 Å². The number of rotatable bonds is 4. The molecule has 2 aromatic carbocycles. The van der Waals surface area contributed by atoms with Gasteiger partial charge in [0.2, 0.25) is 0 Å². The summed E-state index contributed by atoms with van der Waals surface area (Å²) < 4.78 is 23.1. The van der Waals surface area contributed by atoms with Gasteiger partial charge in [-0.2, -0.15) is 0 Å². The smallest absolute Gasteiger partial charge is 0.175 e. The minimum absolute atomic E-state index is 0.142. The normalized spacial score (nSPS) is 11.4. The van der Waals surface area contributed by atoms with Gasteiger partial charge >= 0.3 is 0 Å². The van der Waals surface area contributed by atoms with E-state index in [2.05, 4.69) is 0 Å². The van der Waals surface area contributed by atoms with Crippen LogP contribution >= 0.6 is 11.6 Å². The second kappa shape index (κ2) is 6.00. The van der Waals surface area contributed by atoms with E-state index in [4.69, 9.17) is 11.6 Å². The number of hydrogen-bond donors (Lipinski definition) is 0. The minimum atomic E-state index is -3.32. The summed E-state index contributed by atoms with van der Waals surface area (Å²) in [5.41, 5.74) is 2.13. The molecule has 3 nitrogen and oxygen atoms in total. The largest absolute Gasteiger partial charge is 0.294 e. The molecule has 5 heteroatoms. The highest BCUT2D eigenvalue weighted by molar-refractivity contribution is 7.90. The predicted molar refractivity (Wildman–Crippen MR) is 83.8 cm³/mol. The lowest BCUT2D eigenvalue weighted by atomic mass is 10.0. The van der Waals surface area contributed by atoms with E-state index in [1.165, 1.54) is 12.1 Å². The summed E-state index contributed by atoms with van der Waals surface area (Å²) in [7, 11) is -3.32. The SMILES string of the molecule is Cc1ccc(CC(=O)c2cccc(S(C)(=O)=O)c2)c(Cl)c1. The summed E-state index contributed by atoms with van der Waals surface area (Å²) in [5.74, 6) is -0.161. The molecular formula is C16H15ClO3S. The highest BCUT2D eigenvalue weighted by Gasteiger charge is 2.13. The zero-order valence-electron chi connectivity index (χ0n) is 11.8. The Labute approximate surface area is 129 Å². The van der Waals surface area contributed by atoms with Crippen LogP contribution in [0, 0.1) is 6.92 Å². The van der Waals surface area contributed by atoms with Gasteiger partial charge in [-0.25, -0.2) is 8.42 Å². The van der Waals surface area contributed by atoms with Crippen molar-refractivity contribution >= 4 is 27.2 Å². The lowest BCUT2D eigenvalue weighted by Crippen LogP contribution is -2.06. The van der Waals surface area contributed by atoms with E-state index in [1.54, 1.807) is 18.2 Å². The molecule has 0 radical (unpaired) electrons. The first-order valence-corrected chi connectivity index (χ1v) is 8.62. The van der Waals surface area contributed by atoms with Crippen molar-refractivity contribution in [2.75, 3.05) is 6.26 Å². The van der Waals surface area contributed by atoms with Crippen LogP contribution in [0.4, 0.5) is 0 Å². The number of Topliss-reactive ketones (excluding diaryl/α,β-unsaturated/α-hetero) is 1. The third-order valence-corrected chi connectivity index (χ3v) is 4.61. The van der Waals surface area contributed by atoms with E-state index in [0.29, 0.717) is 10.6 Å².